The van der Waals surface area contributed by atoms with Gasteiger partial charge in [0.1, 0.15) is 0 Å². The van der Waals surface area contributed by atoms with Gasteiger partial charge < -0.3 is 5.32 Å². The van der Waals surface area contributed by atoms with Crippen molar-refractivity contribution < 1.29 is 8.42 Å². The summed E-state index contributed by atoms with van der Waals surface area (Å²) in [6.45, 7) is 3.54. The van der Waals surface area contributed by atoms with E-state index < -0.39 is 10.0 Å². The van der Waals surface area contributed by atoms with E-state index in [1.807, 2.05) is 17.8 Å². The lowest BCUT2D eigenvalue weighted by Gasteiger charge is -2.22. The van der Waals surface area contributed by atoms with Gasteiger partial charge in [0, 0.05) is 23.5 Å². The molecule has 1 fully saturated rings. The SMILES string of the molecule is CC1(CNS(=O)(=O)c2ccc3c(c2)CCN3)CCCS1. The molecule has 1 unspecified atom stereocenters. The van der Waals surface area contributed by atoms with Gasteiger partial charge in [-0.05, 0) is 55.7 Å². The zero-order valence-electron chi connectivity index (χ0n) is 11.6. The minimum atomic E-state index is -3.40. The first-order valence-corrected chi connectivity index (χ1v) is 9.46. The average molecular weight is 312 g/mol. The minimum absolute atomic E-state index is 0.0470. The molecule has 0 bridgehead atoms. The Labute approximate surface area is 124 Å². The van der Waals surface area contributed by atoms with Crippen molar-refractivity contribution in [2.75, 3.05) is 24.2 Å². The molecule has 4 nitrogen and oxygen atoms in total. The average Bonchev–Trinajstić information content (AvgIpc) is 3.05. The summed E-state index contributed by atoms with van der Waals surface area (Å²) in [5, 5.41) is 3.24. The van der Waals surface area contributed by atoms with E-state index in [2.05, 4.69) is 17.0 Å². The Kier molecular flexibility index (Phi) is 3.73. The molecule has 2 N–H and O–H groups in total. The summed E-state index contributed by atoms with van der Waals surface area (Å²) in [7, 11) is -3.40. The normalized spacial score (nSPS) is 25.4. The summed E-state index contributed by atoms with van der Waals surface area (Å²) in [6, 6.07) is 5.34. The molecule has 1 atom stereocenters. The van der Waals surface area contributed by atoms with Gasteiger partial charge in [-0.25, -0.2) is 13.1 Å². The summed E-state index contributed by atoms with van der Waals surface area (Å²) >= 11 is 1.86. The van der Waals surface area contributed by atoms with E-state index in [0.717, 1.165) is 36.4 Å². The molecule has 2 heterocycles. The highest BCUT2D eigenvalue weighted by Gasteiger charge is 2.31. The number of hydrogen-bond acceptors (Lipinski definition) is 4. The van der Waals surface area contributed by atoms with Crippen LogP contribution in [0.2, 0.25) is 0 Å². The maximum absolute atomic E-state index is 12.4. The first-order chi connectivity index (χ1) is 9.49. The smallest absolute Gasteiger partial charge is 0.240 e. The number of sulfonamides is 1. The predicted octanol–water partition coefficient (Wildman–Crippen LogP) is 2.22. The number of nitrogens with one attached hydrogen (secondary N) is 2. The van der Waals surface area contributed by atoms with Crippen molar-refractivity contribution in [1.29, 1.82) is 0 Å². The molecule has 2 aliphatic rings. The molecular weight excluding hydrogens is 292 g/mol. The van der Waals surface area contributed by atoms with Crippen molar-refractivity contribution in [3.63, 3.8) is 0 Å². The van der Waals surface area contributed by atoms with Gasteiger partial charge in [-0.3, -0.25) is 0 Å². The fraction of sp³-hybridized carbons (Fsp3) is 0.571. The fourth-order valence-corrected chi connectivity index (χ4v) is 5.31. The molecule has 0 aliphatic carbocycles. The van der Waals surface area contributed by atoms with Crippen molar-refractivity contribution in [1.82, 2.24) is 4.72 Å². The van der Waals surface area contributed by atoms with Crippen molar-refractivity contribution in [3.8, 4) is 0 Å². The third-order valence-electron chi connectivity index (χ3n) is 4.03. The molecule has 0 radical (unpaired) electrons. The second-order valence-corrected chi connectivity index (χ2v) is 9.17. The Morgan fingerprint density at radius 3 is 3.05 bits per heavy atom. The Bertz CT molecular complexity index is 608. The second-order valence-electron chi connectivity index (χ2n) is 5.72. The molecule has 0 spiro atoms. The van der Waals surface area contributed by atoms with Crippen LogP contribution in [0.3, 0.4) is 0 Å². The van der Waals surface area contributed by atoms with Gasteiger partial charge in [0.2, 0.25) is 10.0 Å². The van der Waals surface area contributed by atoms with Crippen LogP contribution in [0, 0.1) is 0 Å². The van der Waals surface area contributed by atoms with E-state index in [0.29, 0.717) is 11.4 Å². The van der Waals surface area contributed by atoms with E-state index >= 15 is 0 Å². The van der Waals surface area contributed by atoms with Crippen LogP contribution in [-0.4, -0.2) is 32.0 Å². The molecule has 1 aromatic carbocycles. The Morgan fingerprint density at radius 2 is 2.30 bits per heavy atom. The van der Waals surface area contributed by atoms with Crippen LogP contribution in [-0.2, 0) is 16.4 Å². The first kappa shape index (κ1) is 14.2. The van der Waals surface area contributed by atoms with Crippen LogP contribution in [0.15, 0.2) is 23.1 Å². The van der Waals surface area contributed by atoms with Gasteiger partial charge in [0.05, 0.1) is 4.90 Å². The van der Waals surface area contributed by atoms with Gasteiger partial charge in [-0.2, -0.15) is 11.8 Å². The Balaban J connectivity index is 1.74. The third kappa shape index (κ3) is 2.82. The maximum Gasteiger partial charge on any atom is 0.240 e. The number of benzene rings is 1. The second kappa shape index (κ2) is 5.24. The minimum Gasteiger partial charge on any atom is -0.384 e. The van der Waals surface area contributed by atoms with Gasteiger partial charge in [0.15, 0.2) is 0 Å². The fourth-order valence-electron chi connectivity index (χ4n) is 2.76. The van der Waals surface area contributed by atoms with Gasteiger partial charge in [-0.15, -0.1) is 0 Å². The third-order valence-corrected chi connectivity index (χ3v) is 6.97. The van der Waals surface area contributed by atoms with Crippen LogP contribution >= 0.6 is 11.8 Å². The lowest BCUT2D eigenvalue weighted by molar-refractivity contribution is 0.552. The highest BCUT2D eigenvalue weighted by atomic mass is 32.2. The van der Waals surface area contributed by atoms with Crippen LogP contribution in [0.5, 0.6) is 0 Å². The number of anilines is 1. The highest BCUT2D eigenvalue weighted by molar-refractivity contribution is 8.01. The van der Waals surface area contributed by atoms with Crippen LogP contribution < -0.4 is 10.0 Å². The molecule has 2 aliphatic heterocycles. The summed E-state index contributed by atoms with van der Waals surface area (Å²) in [5.74, 6) is 1.13. The van der Waals surface area contributed by atoms with Crippen LogP contribution in [0.1, 0.15) is 25.3 Å². The quantitative estimate of drug-likeness (QED) is 0.895. The van der Waals surface area contributed by atoms with E-state index in [1.165, 1.54) is 6.42 Å². The summed E-state index contributed by atoms with van der Waals surface area (Å²) in [6.07, 6.45) is 3.15. The van der Waals surface area contributed by atoms with Gasteiger partial charge >= 0.3 is 0 Å². The monoisotopic (exact) mass is 312 g/mol. The topological polar surface area (TPSA) is 58.2 Å². The van der Waals surface area contributed by atoms with Crippen molar-refractivity contribution >= 4 is 27.5 Å². The predicted molar refractivity (Wildman–Crippen MR) is 83.9 cm³/mol. The molecule has 0 saturated carbocycles. The molecule has 110 valence electrons. The number of hydrogen-bond donors (Lipinski definition) is 2. The summed E-state index contributed by atoms with van der Waals surface area (Å²) < 4.78 is 27.6. The van der Waals surface area contributed by atoms with E-state index in [4.69, 9.17) is 0 Å². The molecule has 1 saturated heterocycles. The van der Waals surface area contributed by atoms with E-state index in [1.54, 1.807) is 12.1 Å². The Morgan fingerprint density at radius 1 is 1.45 bits per heavy atom. The number of rotatable bonds is 4. The zero-order chi connectivity index (χ0) is 14.2. The van der Waals surface area contributed by atoms with Crippen molar-refractivity contribution in [3.05, 3.63) is 23.8 Å². The molecule has 6 heteroatoms. The lowest BCUT2D eigenvalue weighted by atomic mass is 10.1. The van der Waals surface area contributed by atoms with Crippen LogP contribution in [0.4, 0.5) is 5.69 Å². The summed E-state index contributed by atoms with van der Waals surface area (Å²) in [5.41, 5.74) is 2.15. The molecule has 0 amide bonds. The van der Waals surface area contributed by atoms with Crippen LogP contribution in [0.25, 0.3) is 0 Å². The van der Waals surface area contributed by atoms with Crippen molar-refractivity contribution in [2.24, 2.45) is 0 Å². The first-order valence-electron chi connectivity index (χ1n) is 6.99. The Hall–Kier alpha value is -0.720. The molecule has 20 heavy (non-hydrogen) atoms. The molecular formula is C14H20N2O2S2. The van der Waals surface area contributed by atoms with E-state index in [9.17, 15) is 8.42 Å². The molecule has 0 aromatic heterocycles. The number of thioether (sulfide) groups is 1. The van der Waals surface area contributed by atoms with Gasteiger partial charge in [-0.1, -0.05) is 0 Å². The largest absolute Gasteiger partial charge is 0.384 e. The highest BCUT2D eigenvalue weighted by Crippen LogP contribution is 2.37. The van der Waals surface area contributed by atoms with E-state index in [-0.39, 0.29) is 4.75 Å². The molecule has 3 rings (SSSR count). The maximum atomic E-state index is 12.4. The summed E-state index contributed by atoms with van der Waals surface area (Å²) in [4.78, 5) is 0.381. The zero-order valence-corrected chi connectivity index (χ0v) is 13.2. The molecule has 1 aromatic rings. The number of fused-ring (bicyclic) bond motifs is 1. The van der Waals surface area contributed by atoms with Gasteiger partial charge in [0.25, 0.3) is 0 Å². The standard InChI is InChI=1S/C14H20N2O2S2/c1-14(6-2-8-19-14)10-16-20(17,18)12-3-4-13-11(9-12)5-7-15-13/h3-4,9,15-16H,2,5-8,10H2,1H3. The lowest BCUT2D eigenvalue weighted by Crippen LogP contribution is -2.36. The van der Waals surface area contributed by atoms with Crippen molar-refractivity contribution in [2.45, 2.75) is 35.8 Å².